The van der Waals surface area contributed by atoms with Crippen LogP contribution in [0.2, 0.25) is 0 Å². The number of hydrogen-bond acceptors (Lipinski definition) is 7. The molecule has 2 rings (SSSR count). The third-order valence-electron chi connectivity index (χ3n) is 9.82. The number of nitrogens with zero attached hydrogens (tertiary/aromatic N) is 2. The molecule has 6 atom stereocenters. The summed E-state index contributed by atoms with van der Waals surface area (Å²) in [6.45, 7) is 23.1. The van der Waals surface area contributed by atoms with Gasteiger partial charge in [0.15, 0.2) is 0 Å². The zero-order valence-electron chi connectivity index (χ0n) is 30.9. The van der Waals surface area contributed by atoms with E-state index in [0.717, 1.165) is 12.7 Å². The molecule has 1 saturated heterocycles. The molecule has 274 valence electrons. The summed E-state index contributed by atoms with van der Waals surface area (Å²) in [6, 6.07) is -4.19. The number of likely N-dealkylation sites (N-methyl/N-ethyl adjacent to an activating group) is 1. The minimum Gasteiger partial charge on any atom is -0.346 e. The zero-order valence-corrected chi connectivity index (χ0v) is 31.7. The van der Waals surface area contributed by atoms with Crippen LogP contribution in [0.3, 0.4) is 0 Å². The molecule has 48 heavy (non-hydrogen) atoms. The van der Waals surface area contributed by atoms with Crippen LogP contribution in [0.15, 0.2) is 12.7 Å². The second-order valence-corrected chi connectivity index (χ2v) is 18.0. The molecular weight excluding hydrogens is 636 g/mol. The SMILES string of the molecule is C=CCNC(=O)C(=O)C(CCCC)NC(=O)[C@@H]1[C@@H]2[C@H](CN1C(=O)[C@@H](NC(=O)N[C@H](CN(CC)S(C)(=O)=O)C(C)(C)C)C(C)(C)C)C2(C)C. The lowest BCUT2D eigenvalue weighted by molar-refractivity contribution is -0.145. The molecule has 1 aliphatic carbocycles. The Kier molecular flexibility index (Phi) is 13.5. The monoisotopic (exact) mass is 696 g/mol. The Labute approximate surface area is 287 Å². The number of unbranched alkanes of at least 4 members (excludes halogenated alkanes) is 1. The standard InChI is InChI=1S/C34H60N6O7S/c1-13-16-17-22(26(41)29(43)35-18-14-2)36-28(42)25-24-21(34(24,10)11)19-40(25)30(44)27(33(7,8)9)38-31(45)37-23(32(4,5)6)20-39(15-3)48(12,46)47/h14,21-25,27H,2,13,15-20H2,1,3-12H3,(H,35,43)(H,36,42)(H2,37,38,45)/t21-,22?,23+,24-,25-,27+/m0/s1. The van der Waals surface area contributed by atoms with Crippen molar-refractivity contribution in [3.05, 3.63) is 12.7 Å². The van der Waals surface area contributed by atoms with Crippen LogP contribution in [0.25, 0.3) is 0 Å². The van der Waals surface area contributed by atoms with Crippen molar-refractivity contribution in [3.8, 4) is 0 Å². The van der Waals surface area contributed by atoms with E-state index in [1.54, 1.807) is 6.92 Å². The summed E-state index contributed by atoms with van der Waals surface area (Å²) in [4.78, 5) is 69.0. The molecule has 1 heterocycles. The van der Waals surface area contributed by atoms with E-state index >= 15 is 0 Å². The number of fused-ring (bicyclic) bond motifs is 1. The largest absolute Gasteiger partial charge is 0.346 e. The van der Waals surface area contributed by atoms with Crippen molar-refractivity contribution in [1.82, 2.24) is 30.5 Å². The molecule has 0 bridgehead atoms. The Hall–Kier alpha value is -3.00. The number of likely N-dealkylation sites (tertiary alicyclic amines) is 1. The van der Waals surface area contributed by atoms with Gasteiger partial charge in [-0.2, -0.15) is 0 Å². The van der Waals surface area contributed by atoms with Gasteiger partial charge in [0, 0.05) is 32.2 Å². The highest BCUT2D eigenvalue weighted by molar-refractivity contribution is 7.88. The molecule has 1 saturated carbocycles. The first kappa shape index (κ1) is 41.2. The topological polar surface area (TPSA) is 174 Å². The van der Waals surface area contributed by atoms with Gasteiger partial charge < -0.3 is 26.2 Å². The highest BCUT2D eigenvalue weighted by Crippen LogP contribution is 2.65. The third-order valence-corrected chi connectivity index (χ3v) is 11.2. The lowest BCUT2D eigenvalue weighted by atomic mass is 9.85. The van der Waals surface area contributed by atoms with Crippen LogP contribution in [0.1, 0.15) is 88.5 Å². The summed E-state index contributed by atoms with van der Waals surface area (Å²) in [6.07, 6.45) is 4.22. The number of carbonyl (C=O) groups excluding carboxylic acids is 5. The molecular formula is C34H60N6O7S. The molecule has 0 aromatic heterocycles. The van der Waals surface area contributed by atoms with Gasteiger partial charge in [-0.3, -0.25) is 19.2 Å². The van der Waals surface area contributed by atoms with Gasteiger partial charge in [0.25, 0.3) is 5.91 Å². The fraction of sp³-hybridized carbons (Fsp3) is 0.794. The summed E-state index contributed by atoms with van der Waals surface area (Å²) in [5, 5.41) is 11.0. The number of hydrogen-bond donors (Lipinski definition) is 4. The molecule has 13 nitrogen and oxygen atoms in total. The number of sulfonamides is 1. The second-order valence-electron chi connectivity index (χ2n) is 16.0. The summed E-state index contributed by atoms with van der Waals surface area (Å²) < 4.78 is 25.9. The Bertz CT molecular complexity index is 1330. The van der Waals surface area contributed by atoms with Gasteiger partial charge in [0.05, 0.1) is 12.3 Å². The van der Waals surface area contributed by atoms with Crippen LogP contribution in [-0.2, 0) is 29.2 Å². The van der Waals surface area contributed by atoms with Crippen LogP contribution in [0.5, 0.6) is 0 Å². The summed E-state index contributed by atoms with van der Waals surface area (Å²) in [5.74, 6) is -2.60. The number of nitrogens with one attached hydrogen (secondary N) is 4. The van der Waals surface area contributed by atoms with Gasteiger partial charge in [0.1, 0.15) is 12.1 Å². The van der Waals surface area contributed by atoms with Gasteiger partial charge in [-0.25, -0.2) is 17.5 Å². The van der Waals surface area contributed by atoms with Crippen LogP contribution in [0.4, 0.5) is 4.79 Å². The number of piperidine rings is 1. The Morgan fingerprint density at radius 1 is 1.00 bits per heavy atom. The maximum Gasteiger partial charge on any atom is 0.315 e. The smallest absolute Gasteiger partial charge is 0.315 e. The second kappa shape index (κ2) is 15.7. The average molecular weight is 697 g/mol. The predicted molar refractivity (Wildman–Crippen MR) is 186 cm³/mol. The van der Waals surface area contributed by atoms with Gasteiger partial charge in [0.2, 0.25) is 27.6 Å². The minimum atomic E-state index is -3.51. The highest BCUT2D eigenvalue weighted by atomic mass is 32.2. The molecule has 14 heteroatoms. The Morgan fingerprint density at radius 2 is 1.60 bits per heavy atom. The van der Waals surface area contributed by atoms with Crippen molar-refractivity contribution in [2.45, 2.75) is 113 Å². The van der Waals surface area contributed by atoms with E-state index in [1.165, 1.54) is 15.3 Å². The predicted octanol–water partition coefficient (Wildman–Crippen LogP) is 2.43. The number of urea groups is 1. The van der Waals surface area contributed by atoms with Crippen LogP contribution in [-0.4, -0.2) is 104 Å². The molecule has 0 aromatic carbocycles. The molecule has 0 aromatic rings. The summed E-state index contributed by atoms with van der Waals surface area (Å²) in [5.41, 5.74) is -1.49. The van der Waals surface area contributed by atoms with Crippen molar-refractivity contribution < 1.29 is 32.4 Å². The molecule has 0 spiro atoms. The lowest BCUT2D eigenvalue weighted by Gasteiger charge is -2.39. The van der Waals surface area contributed by atoms with Crippen molar-refractivity contribution >= 4 is 39.6 Å². The fourth-order valence-electron chi connectivity index (χ4n) is 6.54. The third kappa shape index (κ3) is 10.0. The van der Waals surface area contributed by atoms with Crippen LogP contribution >= 0.6 is 0 Å². The molecule has 5 amide bonds. The fourth-order valence-corrected chi connectivity index (χ4v) is 7.43. The van der Waals surface area contributed by atoms with Gasteiger partial charge in [-0.15, -0.1) is 6.58 Å². The highest BCUT2D eigenvalue weighted by Gasteiger charge is 2.70. The van der Waals surface area contributed by atoms with E-state index in [0.29, 0.717) is 13.0 Å². The molecule has 4 N–H and O–H groups in total. The van der Waals surface area contributed by atoms with E-state index < -0.39 is 74.6 Å². The number of rotatable bonds is 16. The molecule has 2 aliphatic rings. The molecule has 1 unspecified atom stereocenters. The first-order valence-electron chi connectivity index (χ1n) is 17.0. The number of carbonyl (C=O) groups is 5. The summed E-state index contributed by atoms with van der Waals surface area (Å²) in [7, 11) is -3.51. The first-order chi connectivity index (χ1) is 21.9. The Morgan fingerprint density at radius 3 is 2.08 bits per heavy atom. The van der Waals surface area contributed by atoms with Gasteiger partial charge in [-0.1, -0.05) is 88.2 Å². The number of amides is 5. The van der Waals surface area contributed by atoms with Crippen molar-refractivity contribution in [2.24, 2.45) is 28.1 Å². The molecule has 1 aliphatic heterocycles. The summed E-state index contributed by atoms with van der Waals surface area (Å²) >= 11 is 0. The molecule has 0 radical (unpaired) electrons. The van der Waals surface area contributed by atoms with E-state index in [-0.39, 0.29) is 43.3 Å². The van der Waals surface area contributed by atoms with E-state index in [9.17, 15) is 32.4 Å². The maximum atomic E-state index is 14.4. The molecule has 2 fully saturated rings. The number of Topliss-reactive ketones (excluding diaryl/α,β-unsaturated/α-hetero) is 1. The normalized spacial score (nSPS) is 22.2. The maximum absolute atomic E-state index is 14.4. The van der Waals surface area contributed by atoms with E-state index in [4.69, 9.17) is 0 Å². The van der Waals surface area contributed by atoms with Crippen molar-refractivity contribution in [1.29, 1.82) is 0 Å². The van der Waals surface area contributed by atoms with Crippen LogP contribution in [0, 0.1) is 28.1 Å². The van der Waals surface area contributed by atoms with Crippen molar-refractivity contribution in [2.75, 3.05) is 32.4 Å². The van der Waals surface area contributed by atoms with Gasteiger partial charge in [-0.05, 0) is 34.5 Å². The zero-order chi connectivity index (χ0) is 37.0. The van der Waals surface area contributed by atoms with Gasteiger partial charge >= 0.3 is 6.03 Å². The minimum absolute atomic E-state index is 0.0496. The number of ketones is 1. The first-order valence-corrected chi connectivity index (χ1v) is 18.8. The Balaban J connectivity index is 2.35. The quantitative estimate of drug-likeness (QED) is 0.142. The lowest BCUT2D eigenvalue weighted by Crippen LogP contribution is -2.62. The van der Waals surface area contributed by atoms with Crippen molar-refractivity contribution in [3.63, 3.8) is 0 Å². The van der Waals surface area contributed by atoms with Crippen LogP contribution < -0.4 is 21.3 Å². The van der Waals surface area contributed by atoms with E-state index in [2.05, 4.69) is 27.8 Å². The average Bonchev–Trinajstić information content (AvgIpc) is 3.27. The van der Waals surface area contributed by atoms with E-state index in [1.807, 2.05) is 62.3 Å².